The predicted octanol–water partition coefficient (Wildman–Crippen LogP) is 1.64. The fraction of sp³-hybridized carbons (Fsp3) is 0.667. The van der Waals surface area contributed by atoms with Crippen LogP contribution in [0.3, 0.4) is 0 Å². The standard InChI is InChI=1S/C6H12OSi/c1-4-6(2)5-8-7-3/h4H,5H2,1-3H3/b6-4+. The third kappa shape index (κ3) is 4.09. The molecule has 2 radical (unpaired) electrons. The van der Waals surface area contributed by atoms with Gasteiger partial charge in [0.2, 0.25) is 9.76 Å². The van der Waals surface area contributed by atoms with Crippen LogP contribution in [0.5, 0.6) is 0 Å². The maximum atomic E-state index is 4.90. The first-order chi connectivity index (χ1) is 3.81. The molecule has 0 saturated carbocycles. The van der Waals surface area contributed by atoms with Gasteiger partial charge in [0.05, 0.1) is 0 Å². The lowest BCUT2D eigenvalue weighted by Crippen LogP contribution is -1.92. The van der Waals surface area contributed by atoms with Crippen molar-refractivity contribution in [3.8, 4) is 0 Å². The number of hydrogen-bond acceptors (Lipinski definition) is 1. The van der Waals surface area contributed by atoms with Gasteiger partial charge in [-0.15, -0.1) is 0 Å². The Morgan fingerprint density at radius 2 is 2.38 bits per heavy atom. The highest BCUT2D eigenvalue weighted by Crippen LogP contribution is 1.97. The van der Waals surface area contributed by atoms with Gasteiger partial charge >= 0.3 is 0 Å². The molecular formula is C6H12OSi. The largest absolute Gasteiger partial charge is 0.420 e. The molecule has 8 heavy (non-hydrogen) atoms. The van der Waals surface area contributed by atoms with E-state index in [0.717, 1.165) is 6.04 Å². The van der Waals surface area contributed by atoms with Gasteiger partial charge in [-0.2, -0.15) is 0 Å². The van der Waals surface area contributed by atoms with Crippen molar-refractivity contribution in [3.05, 3.63) is 11.6 Å². The normalized spacial score (nSPS) is 12.1. The fourth-order valence-electron chi connectivity index (χ4n) is 0.288. The van der Waals surface area contributed by atoms with Crippen LogP contribution < -0.4 is 0 Å². The van der Waals surface area contributed by atoms with Crippen LogP contribution in [0.1, 0.15) is 13.8 Å². The van der Waals surface area contributed by atoms with E-state index in [1.54, 1.807) is 7.11 Å². The number of hydrogen-bond donors (Lipinski definition) is 0. The summed E-state index contributed by atoms with van der Waals surface area (Å²) in [6.45, 7) is 4.17. The van der Waals surface area contributed by atoms with E-state index < -0.39 is 0 Å². The van der Waals surface area contributed by atoms with Crippen molar-refractivity contribution in [2.75, 3.05) is 7.11 Å². The van der Waals surface area contributed by atoms with E-state index in [9.17, 15) is 0 Å². The molecule has 0 N–H and O–H groups in total. The fourth-order valence-corrected chi connectivity index (χ4v) is 0.864. The summed E-state index contributed by atoms with van der Waals surface area (Å²) in [6, 6.07) is 1.09. The second kappa shape index (κ2) is 5.06. The van der Waals surface area contributed by atoms with Crippen LogP contribution in [0.4, 0.5) is 0 Å². The van der Waals surface area contributed by atoms with Crippen molar-refractivity contribution in [1.29, 1.82) is 0 Å². The summed E-state index contributed by atoms with van der Waals surface area (Å²) in [5, 5.41) is 0. The Morgan fingerprint density at radius 1 is 1.75 bits per heavy atom. The van der Waals surface area contributed by atoms with Crippen LogP contribution in [0.15, 0.2) is 11.6 Å². The molecule has 0 aromatic rings. The van der Waals surface area contributed by atoms with Gasteiger partial charge in [0.25, 0.3) is 0 Å². The van der Waals surface area contributed by atoms with Gasteiger partial charge in [-0.25, -0.2) is 0 Å². The molecule has 0 heterocycles. The number of rotatable bonds is 3. The van der Waals surface area contributed by atoms with Gasteiger partial charge in [-0.3, -0.25) is 0 Å². The lowest BCUT2D eigenvalue weighted by Gasteiger charge is -1.93. The minimum Gasteiger partial charge on any atom is -0.420 e. The third-order valence-corrected chi connectivity index (χ3v) is 1.98. The molecular weight excluding hydrogens is 116 g/mol. The molecule has 1 nitrogen and oxygen atoms in total. The molecule has 0 unspecified atom stereocenters. The SMILES string of the molecule is C/C=C(\C)C[Si]OC. The molecule has 0 aliphatic rings. The predicted molar refractivity (Wildman–Crippen MR) is 37.0 cm³/mol. The molecule has 46 valence electrons. The molecule has 0 atom stereocenters. The molecule has 0 spiro atoms. The van der Waals surface area contributed by atoms with Crippen LogP contribution >= 0.6 is 0 Å². The highest BCUT2D eigenvalue weighted by molar-refractivity contribution is 6.28. The first-order valence-corrected chi connectivity index (χ1v) is 3.80. The van der Waals surface area contributed by atoms with Gasteiger partial charge in [0.1, 0.15) is 0 Å². The maximum absolute atomic E-state index is 4.90. The van der Waals surface area contributed by atoms with Gasteiger partial charge < -0.3 is 4.43 Å². The summed E-state index contributed by atoms with van der Waals surface area (Å²) in [5.74, 6) is 0. The first-order valence-electron chi connectivity index (χ1n) is 2.69. The molecule has 0 bridgehead atoms. The number of allylic oxidation sites excluding steroid dienone is 2. The van der Waals surface area contributed by atoms with E-state index >= 15 is 0 Å². The van der Waals surface area contributed by atoms with Gasteiger partial charge in [-0.1, -0.05) is 11.6 Å². The molecule has 0 rings (SSSR count). The van der Waals surface area contributed by atoms with Crippen molar-refractivity contribution >= 4 is 9.76 Å². The van der Waals surface area contributed by atoms with Crippen molar-refractivity contribution in [3.63, 3.8) is 0 Å². The average Bonchev–Trinajstić information content (AvgIpc) is 1.83. The summed E-state index contributed by atoms with van der Waals surface area (Å²) in [6.07, 6.45) is 2.12. The van der Waals surface area contributed by atoms with E-state index in [4.69, 9.17) is 4.43 Å². The third-order valence-electron chi connectivity index (χ3n) is 0.988. The van der Waals surface area contributed by atoms with Gasteiger partial charge in [0, 0.05) is 7.11 Å². The minimum absolute atomic E-state index is 0.634. The second-order valence-electron chi connectivity index (χ2n) is 1.66. The van der Waals surface area contributed by atoms with Crippen LogP contribution in [-0.2, 0) is 4.43 Å². The lowest BCUT2D eigenvalue weighted by atomic mass is 10.3. The summed E-state index contributed by atoms with van der Waals surface area (Å²) in [7, 11) is 2.37. The average molecular weight is 128 g/mol. The first kappa shape index (κ1) is 7.92. The van der Waals surface area contributed by atoms with Crippen molar-refractivity contribution in [2.45, 2.75) is 19.9 Å². The topological polar surface area (TPSA) is 9.23 Å². The van der Waals surface area contributed by atoms with Crippen molar-refractivity contribution < 1.29 is 4.43 Å². The van der Waals surface area contributed by atoms with E-state index in [1.807, 2.05) is 0 Å². The lowest BCUT2D eigenvalue weighted by molar-refractivity contribution is 0.443. The zero-order valence-electron chi connectivity index (χ0n) is 5.69. The molecule has 0 amide bonds. The van der Waals surface area contributed by atoms with Gasteiger partial charge in [0.15, 0.2) is 0 Å². The van der Waals surface area contributed by atoms with Crippen molar-refractivity contribution in [2.24, 2.45) is 0 Å². The molecule has 0 aliphatic heterocycles. The van der Waals surface area contributed by atoms with Crippen LogP contribution in [0.2, 0.25) is 6.04 Å². The molecule has 0 aliphatic carbocycles. The molecule has 0 saturated heterocycles. The monoisotopic (exact) mass is 128 g/mol. The Morgan fingerprint density at radius 3 is 2.75 bits per heavy atom. The summed E-state index contributed by atoms with van der Waals surface area (Å²) in [5.41, 5.74) is 1.41. The van der Waals surface area contributed by atoms with E-state index in [-0.39, 0.29) is 0 Å². The molecule has 0 aromatic carbocycles. The Bertz CT molecular complexity index is 78.6. The highest BCUT2D eigenvalue weighted by atomic mass is 28.2. The Balaban J connectivity index is 3.12. The van der Waals surface area contributed by atoms with Crippen LogP contribution in [-0.4, -0.2) is 16.9 Å². The van der Waals surface area contributed by atoms with Crippen LogP contribution in [0, 0.1) is 0 Å². The maximum Gasteiger partial charge on any atom is 0.233 e. The van der Waals surface area contributed by atoms with Gasteiger partial charge in [-0.05, 0) is 19.9 Å². The van der Waals surface area contributed by atoms with Crippen LogP contribution in [0.25, 0.3) is 0 Å². The Labute approximate surface area is 53.7 Å². The summed E-state index contributed by atoms with van der Waals surface area (Å²) < 4.78 is 4.90. The second-order valence-corrected chi connectivity index (χ2v) is 2.71. The Hall–Kier alpha value is -0.0831. The quantitative estimate of drug-likeness (QED) is 0.415. The summed E-state index contributed by atoms with van der Waals surface area (Å²) >= 11 is 0. The highest BCUT2D eigenvalue weighted by Gasteiger charge is 1.87. The molecule has 2 heteroatoms. The minimum atomic E-state index is 0.634. The summed E-state index contributed by atoms with van der Waals surface area (Å²) in [4.78, 5) is 0. The van der Waals surface area contributed by atoms with E-state index in [0.29, 0.717) is 9.76 Å². The molecule has 0 fully saturated rings. The zero-order valence-corrected chi connectivity index (χ0v) is 6.69. The smallest absolute Gasteiger partial charge is 0.233 e. The zero-order chi connectivity index (χ0) is 6.41. The Kier molecular flexibility index (Phi) is 5.01. The van der Waals surface area contributed by atoms with Crippen molar-refractivity contribution in [1.82, 2.24) is 0 Å². The molecule has 0 aromatic heterocycles. The van der Waals surface area contributed by atoms with E-state index in [1.165, 1.54) is 5.57 Å². The van der Waals surface area contributed by atoms with E-state index in [2.05, 4.69) is 19.9 Å².